The number of likely N-dealkylation sites (N-methyl/N-ethyl adjacent to an activating group) is 1. The van der Waals surface area contributed by atoms with Gasteiger partial charge in [-0.25, -0.2) is 0 Å². The molecule has 0 fully saturated rings. The topological polar surface area (TPSA) is 58.6 Å². The summed E-state index contributed by atoms with van der Waals surface area (Å²) in [7, 11) is 0. The van der Waals surface area contributed by atoms with Crippen molar-refractivity contribution in [3.63, 3.8) is 0 Å². The van der Waals surface area contributed by atoms with E-state index in [-0.39, 0.29) is 25.0 Å². The van der Waals surface area contributed by atoms with E-state index in [9.17, 15) is 9.59 Å². The first kappa shape index (κ1) is 23.0. The lowest BCUT2D eigenvalue weighted by Gasteiger charge is -2.29. The van der Waals surface area contributed by atoms with Crippen LogP contribution in [0.1, 0.15) is 30.5 Å². The average molecular weight is 437 g/mol. The summed E-state index contributed by atoms with van der Waals surface area (Å²) in [5.74, 6) is 0.0149. The maximum Gasteiger partial charge on any atom is 0.261 e. The molecule has 0 aliphatic heterocycles. The Hall–Kier alpha value is -2.24. The first-order valence-corrected chi connectivity index (χ1v) is 10.2. The number of hydrogen-bond donors (Lipinski definition) is 1. The molecule has 7 heteroatoms. The molecule has 0 aromatic heterocycles. The molecule has 2 rings (SSSR count). The lowest BCUT2D eigenvalue weighted by molar-refractivity contribution is -0.142. The number of carbonyl (C=O) groups excluding carboxylic acids is 2. The highest BCUT2D eigenvalue weighted by Gasteiger charge is 2.26. The number of carbonyl (C=O) groups is 2. The second-order valence-corrected chi connectivity index (χ2v) is 7.63. The summed E-state index contributed by atoms with van der Waals surface area (Å²) in [6.07, 6.45) is 0. The molecule has 0 spiro atoms. The fourth-order valence-electron chi connectivity index (χ4n) is 2.93. The van der Waals surface area contributed by atoms with Gasteiger partial charge in [-0.05, 0) is 62.6 Å². The van der Waals surface area contributed by atoms with Crippen molar-refractivity contribution in [2.24, 2.45) is 0 Å². The van der Waals surface area contributed by atoms with E-state index in [0.717, 1.165) is 16.7 Å². The van der Waals surface area contributed by atoms with E-state index in [1.807, 2.05) is 39.0 Å². The molecule has 5 nitrogen and oxygen atoms in total. The van der Waals surface area contributed by atoms with Crippen LogP contribution in [0.25, 0.3) is 0 Å². The van der Waals surface area contributed by atoms with Crippen molar-refractivity contribution in [3.05, 3.63) is 63.1 Å². The highest BCUT2D eigenvalue weighted by atomic mass is 35.5. The molecule has 0 saturated heterocycles. The molecule has 1 unspecified atom stereocenters. The highest BCUT2D eigenvalue weighted by Crippen LogP contribution is 2.26. The Bertz CT molecular complexity index is 863. The van der Waals surface area contributed by atoms with Crippen molar-refractivity contribution in [1.29, 1.82) is 0 Å². The van der Waals surface area contributed by atoms with Crippen molar-refractivity contribution in [3.8, 4) is 5.75 Å². The second kappa shape index (κ2) is 10.5. The number of hydrogen-bond acceptors (Lipinski definition) is 3. The molecule has 0 aliphatic rings. The summed E-state index contributed by atoms with van der Waals surface area (Å²) < 4.78 is 5.71. The molecule has 0 radical (unpaired) electrons. The van der Waals surface area contributed by atoms with Crippen molar-refractivity contribution in [2.75, 3.05) is 13.2 Å². The Morgan fingerprint density at radius 3 is 2.34 bits per heavy atom. The maximum atomic E-state index is 13.0. The molecule has 2 amide bonds. The van der Waals surface area contributed by atoms with Gasteiger partial charge >= 0.3 is 0 Å². The summed E-state index contributed by atoms with van der Waals surface area (Å²) in [6.45, 7) is 7.77. The summed E-state index contributed by atoms with van der Waals surface area (Å²) in [4.78, 5) is 26.8. The van der Waals surface area contributed by atoms with E-state index in [1.165, 1.54) is 4.90 Å². The molecule has 156 valence electrons. The van der Waals surface area contributed by atoms with Crippen molar-refractivity contribution < 1.29 is 14.3 Å². The van der Waals surface area contributed by atoms with Gasteiger partial charge in [-0.2, -0.15) is 0 Å². The Kier molecular flexibility index (Phi) is 8.35. The molecule has 0 aliphatic carbocycles. The van der Waals surface area contributed by atoms with Gasteiger partial charge in [0.15, 0.2) is 6.61 Å². The standard InChI is InChI=1S/C22H26Cl2N2O3/c1-5-25-22(28)16(4)26(12-17-8-6-7-9-19(17)23)20(27)13-29-18-10-14(2)21(24)15(3)11-18/h6-11,16H,5,12-13H2,1-4H3,(H,25,28). The third-order valence-electron chi connectivity index (χ3n) is 4.59. The van der Waals surface area contributed by atoms with Crippen LogP contribution in [0.15, 0.2) is 36.4 Å². The molecular weight excluding hydrogens is 411 g/mol. The van der Waals surface area contributed by atoms with Crippen molar-refractivity contribution in [1.82, 2.24) is 10.2 Å². The van der Waals surface area contributed by atoms with Crippen LogP contribution in [-0.2, 0) is 16.1 Å². The normalized spacial score (nSPS) is 11.7. The minimum Gasteiger partial charge on any atom is -0.484 e. The number of aryl methyl sites for hydroxylation is 2. The Morgan fingerprint density at radius 2 is 1.76 bits per heavy atom. The second-order valence-electron chi connectivity index (χ2n) is 6.84. The lowest BCUT2D eigenvalue weighted by Crippen LogP contribution is -2.49. The zero-order chi connectivity index (χ0) is 21.6. The van der Waals surface area contributed by atoms with Gasteiger partial charge in [0.25, 0.3) is 5.91 Å². The number of benzene rings is 2. The number of nitrogens with one attached hydrogen (secondary N) is 1. The molecule has 0 heterocycles. The molecule has 2 aromatic rings. The largest absolute Gasteiger partial charge is 0.484 e. The molecular formula is C22H26Cl2N2O3. The van der Waals surface area contributed by atoms with Crippen LogP contribution in [0.2, 0.25) is 10.0 Å². The number of halogens is 2. The minimum atomic E-state index is -0.670. The molecule has 0 saturated carbocycles. The van der Waals surface area contributed by atoms with Gasteiger partial charge in [-0.1, -0.05) is 41.4 Å². The van der Waals surface area contributed by atoms with Gasteiger partial charge in [0.2, 0.25) is 5.91 Å². The number of rotatable bonds is 8. The van der Waals surface area contributed by atoms with Crippen molar-refractivity contribution in [2.45, 2.75) is 40.3 Å². The summed E-state index contributed by atoms with van der Waals surface area (Å²) in [5.41, 5.74) is 2.51. The average Bonchev–Trinajstić information content (AvgIpc) is 2.69. The number of amides is 2. The van der Waals surface area contributed by atoms with E-state index < -0.39 is 6.04 Å². The monoisotopic (exact) mass is 436 g/mol. The van der Waals surface area contributed by atoms with Crippen molar-refractivity contribution >= 4 is 35.0 Å². The molecule has 29 heavy (non-hydrogen) atoms. The van der Waals surface area contributed by atoms with E-state index in [4.69, 9.17) is 27.9 Å². The van der Waals surface area contributed by atoms with E-state index in [0.29, 0.717) is 22.3 Å². The van der Waals surface area contributed by atoms with Gasteiger partial charge in [0.1, 0.15) is 11.8 Å². The van der Waals surface area contributed by atoms with Crippen LogP contribution in [0.4, 0.5) is 0 Å². The Morgan fingerprint density at radius 1 is 1.14 bits per heavy atom. The summed E-state index contributed by atoms with van der Waals surface area (Å²) in [5, 5.41) is 3.97. The molecule has 1 atom stereocenters. The highest BCUT2D eigenvalue weighted by molar-refractivity contribution is 6.32. The zero-order valence-corrected chi connectivity index (χ0v) is 18.6. The van der Waals surface area contributed by atoms with Gasteiger partial charge in [0.05, 0.1) is 0 Å². The quantitative estimate of drug-likeness (QED) is 0.660. The van der Waals surface area contributed by atoms with Crippen LogP contribution in [0.3, 0.4) is 0 Å². The predicted octanol–water partition coefficient (Wildman–Crippen LogP) is 4.54. The van der Waals surface area contributed by atoms with Crippen LogP contribution >= 0.6 is 23.2 Å². The van der Waals surface area contributed by atoms with Crippen LogP contribution in [0, 0.1) is 13.8 Å². The first-order chi connectivity index (χ1) is 13.7. The van der Waals surface area contributed by atoms with Crippen LogP contribution < -0.4 is 10.1 Å². The van der Waals surface area contributed by atoms with E-state index in [2.05, 4.69) is 5.32 Å². The van der Waals surface area contributed by atoms with E-state index >= 15 is 0 Å². The third-order valence-corrected chi connectivity index (χ3v) is 5.55. The summed E-state index contributed by atoms with van der Waals surface area (Å²) >= 11 is 12.4. The minimum absolute atomic E-state index is 0.200. The molecule has 2 aromatic carbocycles. The smallest absolute Gasteiger partial charge is 0.261 e. The fraction of sp³-hybridized carbons (Fsp3) is 0.364. The van der Waals surface area contributed by atoms with Gasteiger partial charge in [-0.15, -0.1) is 0 Å². The van der Waals surface area contributed by atoms with E-state index in [1.54, 1.807) is 25.1 Å². The first-order valence-electron chi connectivity index (χ1n) is 9.44. The number of nitrogens with zero attached hydrogens (tertiary/aromatic N) is 1. The summed E-state index contributed by atoms with van der Waals surface area (Å²) in [6, 6.07) is 10.2. The Labute approximate surface area is 181 Å². The van der Waals surface area contributed by atoms with Crippen LogP contribution in [-0.4, -0.2) is 35.9 Å². The fourth-order valence-corrected chi connectivity index (χ4v) is 3.24. The molecule has 1 N–H and O–H groups in total. The van der Waals surface area contributed by atoms with Gasteiger partial charge in [-0.3, -0.25) is 9.59 Å². The zero-order valence-electron chi connectivity index (χ0n) is 17.1. The van der Waals surface area contributed by atoms with Gasteiger partial charge < -0.3 is 15.0 Å². The SMILES string of the molecule is CCNC(=O)C(C)N(Cc1ccccc1Cl)C(=O)COc1cc(C)c(Cl)c(C)c1. The third kappa shape index (κ3) is 6.12. The molecule has 0 bridgehead atoms. The Balaban J connectivity index is 2.19. The maximum absolute atomic E-state index is 13.0. The van der Waals surface area contributed by atoms with Crippen LogP contribution in [0.5, 0.6) is 5.75 Å². The van der Waals surface area contributed by atoms with Gasteiger partial charge in [0, 0.05) is 23.1 Å². The lowest BCUT2D eigenvalue weighted by atomic mass is 10.1. The predicted molar refractivity (Wildman–Crippen MR) is 117 cm³/mol. The number of ether oxygens (including phenoxy) is 1.